The van der Waals surface area contributed by atoms with Gasteiger partial charge in [0.2, 0.25) is 0 Å². The average Bonchev–Trinajstić information content (AvgIpc) is 3.50. The molecular weight excluding hydrogens is 619 g/mol. The molecule has 0 amide bonds. The topological polar surface area (TPSA) is 38.7 Å². The van der Waals surface area contributed by atoms with Crippen molar-refractivity contribution in [2.45, 2.75) is 19.3 Å². The molecule has 0 bridgehead atoms. The Morgan fingerprint density at radius 1 is 0.431 bits per heavy atom. The van der Waals surface area contributed by atoms with Crippen LogP contribution in [0.15, 0.2) is 176 Å². The van der Waals surface area contributed by atoms with Gasteiger partial charge in [-0.15, -0.1) is 0 Å². The van der Waals surface area contributed by atoms with Gasteiger partial charge in [0.05, 0.1) is 11.1 Å². The number of aromatic nitrogens is 3. The molecule has 0 saturated carbocycles. The molecule has 9 rings (SSSR count). The number of aryl methyl sites for hydroxylation is 2. The first-order chi connectivity index (χ1) is 25.1. The second kappa shape index (κ2) is 12.5. The van der Waals surface area contributed by atoms with E-state index in [-0.39, 0.29) is 0 Å². The monoisotopic (exact) mass is 653 g/mol. The summed E-state index contributed by atoms with van der Waals surface area (Å²) in [6.45, 7) is 4.12. The van der Waals surface area contributed by atoms with Crippen molar-refractivity contribution < 1.29 is 0 Å². The number of hydrogen-bond acceptors (Lipinski definition) is 3. The normalized spacial score (nSPS) is 14.5. The number of hydrogen-bond donors (Lipinski definition) is 0. The fourth-order valence-corrected chi connectivity index (χ4v) is 8.02. The number of rotatable bonds is 6. The smallest absolute Gasteiger partial charge is 0.160 e. The lowest BCUT2D eigenvalue weighted by Gasteiger charge is -2.34. The van der Waals surface area contributed by atoms with E-state index in [9.17, 15) is 0 Å². The molecule has 242 valence electrons. The van der Waals surface area contributed by atoms with Gasteiger partial charge in [-0.25, -0.2) is 9.97 Å². The lowest BCUT2D eigenvalue weighted by atomic mass is 9.67. The summed E-state index contributed by atoms with van der Waals surface area (Å²) in [6, 6.07) is 61.0. The lowest BCUT2D eigenvalue weighted by Crippen LogP contribution is -2.28. The van der Waals surface area contributed by atoms with Crippen molar-refractivity contribution in [2.75, 3.05) is 0 Å². The first-order valence-corrected chi connectivity index (χ1v) is 17.4. The van der Waals surface area contributed by atoms with Crippen LogP contribution < -0.4 is 0 Å². The van der Waals surface area contributed by atoms with Gasteiger partial charge in [-0.1, -0.05) is 146 Å². The number of benzene rings is 6. The third-order valence-corrected chi connectivity index (χ3v) is 10.2. The van der Waals surface area contributed by atoms with Crippen molar-refractivity contribution >= 4 is 0 Å². The molecule has 0 radical (unpaired) electrons. The summed E-state index contributed by atoms with van der Waals surface area (Å²) >= 11 is 0. The second-order valence-corrected chi connectivity index (χ2v) is 13.3. The largest absolute Gasteiger partial charge is 0.261 e. The quantitative estimate of drug-likeness (QED) is 0.179. The van der Waals surface area contributed by atoms with Gasteiger partial charge >= 0.3 is 0 Å². The van der Waals surface area contributed by atoms with Crippen LogP contribution in [0.1, 0.15) is 33.6 Å². The molecule has 0 N–H and O–H groups in total. The Hall–Kier alpha value is -6.45. The van der Waals surface area contributed by atoms with Crippen LogP contribution in [0.4, 0.5) is 0 Å². The Kier molecular flexibility index (Phi) is 7.48. The molecule has 6 aromatic carbocycles. The summed E-state index contributed by atoms with van der Waals surface area (Å²) in [5, 5.41) is 0. The molecule has 0 spiro atoms. The number of nitrogens with zero attached hydrogens (tertiary/aromatic N) is 3. The van der Waals surface area contributed by atoms with E-state index < -0.39 is 5.41 Å². The minimum Gasteiger partial charge on any atom is -0.261 e. The highest BCUT2D eigenvalue weighted by Gasteiger charge is 2.47. The van der Waals surface area contributed by atoms with Gasteiger partial charge < -0.3 is 0 Å². The van der Waals surface area contributed by atoms with Crippen LogP contribution >= 0.6 is 0 Å². The maximum atomic E-state index is 5.20. The Balaban J connectivity index is 1.28. The SMILES string of the molecule is Cc1cc(-c2ccccc2)nc(-c2cccc3c2-c2ccccc2C3(c2ccccc2)c2cccc(-c3cccc(-c4cccnc4C)c3)c2)n1. The highest BCUT2D eigenvalue weighted by molar-refractivity contribution is 5.94. The summed E-state index contributed by atoms with van der Waals surface area (Å²) in [4.78, 5) is 14.8. The van der Waals surface area contributed by atoms with Crippen LogP contribution in [0.3, 0.4) is 0 Å². The van der Waals surface area contributed by atoms with Crippen LogP contribution in [0, 0.1) is 13.8 Å². The van der Waals surface area contributed by atoms with Crippen molar-refractivity contribution in [2.24, 2.45) is 0 Å². The zero-order valence-corrected chi connectivity index (χ0v) is 28.6. The average molecular weight is 654 g/mol. The summed E-state index contributed by atoms with van der Waals surface area (Å²) in [5.74, 6) is 0.737. The van der Waals surface area contributed by atoms with E-state index in [0.717, 1.165) is 45.2 Å². The minimum absolute atomic E-state index is 0.567. The molecule has 1 aliphatic carbocycles. The third kappa shape index (κ3) is 5.09. The zero-order chi connectivity index (χ0) is 34.4. The molecule has 0 saturated heterocycles. The van der Waals surface area contributed by atoms with Gasteiger partial charge in [-0.2, -0.15) is 0 Å². The molecular formula is C48H35N3. The van der Waals surface area contributed by atoms with Crippen molar-refractivity contribution in [3.8, 4) is 56.0 Å². The lowest BCUT2D eigenvalue weighted by molar-refractivity contribution is 0.769. The van der Waals surface area contributed by atoms with Gasteiger partial charge in [-0.05, 0) is 88.2 Å². The molecule has 3 heteroatoms. The van der Waals surface area contributed by atoms with E-state index in [1.807, 2.05) is 18.3 Å². The van der Waals surface area contributed by atoms with Gasteiger partial charge in [-0.3, -0.25) is 4.98 Å². The molecule has 1 atom stereocenters. The van der Waals surface area contributed by atoms with E-state index in [1.165, 1.54) is 44.5 Å². The van der Waals surface area contributed by atoms with Crippen molar-refractivity contribution in [3.05, 3.63) is 210 Å². The number of pyridine rings is 1. The number of fused-ring (bicyclic) bond motifs is 3. The van der Waals surface area contributed by atoms with E-state index in [2.05, 4.69) is 177 Å². The highest BCUT2D eigenvalue weighted by Crippen LogP contribution is 2.58. The standard InChI is InChI=1S/C48H35N3/c1-32-29-45(34-15-5-3-6-16-34)51-47(50-32)42-24-13-27-44-46(42)41-23-9-10-26-43(41)48(44,38-20-7-4-8-21-38)39-22-12-18-36(31-39)35-17-11-19-37(30-35)40-25-14-28-49-33(40)2/h3-31H,1-2H3. The predicted molar refractivity (Wildman–Crippen MR) is 208 cm³/mol. The van der Waals surface area contributed by atoms with E-state index >= 15 is 0 Å². The summed E-state index contributed by atoms with van der Waals surface area (Å²) in [6.07, 6.45) is 1.85. The van der Waals surface area contributed by atoms with E-state index in [0.29, 0.717) is 0 Å². The first kappa shape index (κ1) is 30.6. The molecule has 8 aromatic rings. The van der Waals surface area contributed by atoms with Crippen LogP contribution in [0.5, 0.6) is 0 Å². The Morgan fingerprint density at radius 3 is 1.86 bits per heavy atom. The van der Waals surface area contributed by atoms with Gasteiger partial charge in [0.25, 0.3) is 0 Å². The maximum Gasteiger partial charge on any atom is 0.160 e. The van der Waals surface area contributed by atoms with Gasteiger partial charge in [0.15, 0.2) is 5.82 Å². The second-order valence-electron chi connectivity index (χ2n) is 13.3. The molecule has 3 nitrogen and oxygen atoms in total. The van der Waals surface area contributed by atoms with Crippen molar-refractivity contribution in [1.29, 1.82) is 0 Å². The molecule has 51 heavy (non-hydrogen) atoms. The van der Waals surface area contributed by atoms with Gasteiger partial charge in [0.1, 0.15) is 0 Å². The Bertz CT molecular complexity index is 2560. The van der Waals surface area contributed by atoms with Crippen LogP contribution in [0.25, 0.3) is 56.0 Å². The fraction of sp³-hybridized carbons (Fsp3) is 0.0625. The highest BCUT2D eigenvalue weighted by atomic mass is 14.9. The van der Waals surface area contributed by atoms with Crippen molar-refractivity contribution in [1.82, 2.24) is 15.0 Å². The van der Waals surface area contributed by atoms with Crippen molar-refractivity contribution in [3.63, 3.8) is 0 Å². The van der Waals surface area contributed by atoms with Crippen LogP contribution in [-0.2, 0) is 5.41 Å². The molecule has 2 aromatic heterocycles. The summed E-state index contributed by atoms with van der Waals surface area (Å²) in [5.41, 5.74) is 16.4. The fourth-order valence-electron chi connectivity index (χ4n) is 8.02. The van der Waals surface area contributed by atoms with Gasteiger partial charge in [0, 0.05) is 34.3 Å². The minimum atomic E-state index is -0.567. The molecule has 1 aliphatic rings. The zero-order valence-electron chi connectivity index (χ0n) is 28.6. The summed E-state index contributed by atoms with van der Waals surface area (Å²) < 4.78 is 0. The van der Waals surface area contributed by atoms with E-state index in [4.69, 9.17) is 9.97 Å². The molecule has 0 fully saturated rings. The first-order valence-electron chi connectivity index (χ1n) is 17.4. The molecule has 2 heterocycles. The summed E-state index contributed by atoms with van der Waals surface area (Å²) in [7, 11) is 0. The molecule has 1 unspecified atom stereocenters. The maximum absolute atomic E-state index is 5.20. The van der Waals surface area contributed by atoms with E-state index in [1.54, 1.807) is 0 Å². The predicted octanol–water partition coefficient (Wildman–Crippen LogP) is 11.5. The van der Waals surface area contributed by atoms with Crippen LogP contribution in [0.2, 0.25) is 0 Å². The Morgan fingerprint density at radius 2 is 1.04 bits per heavy atom. The Labute approximate surface area is 299 Å². The van der Waals surface area contributed by atoms with Crippen LogP contribution in [-0.4, -0.2) is 15.0 Å². The molecule has 0 aliphatic heterocycles. The third-order valence-electron chi connectivity index (χ3n) is 10.2.